The van der Waals surface area contributed by atoms with Crippen LogP contribution in [-0.2, 0) is 10.0 Å². The van der Waals surface area contributed by atoms with Gasteiger partial charge in [-0.05, 0) is 43.5 Å². The van der Waals surface area contributed by atoms with E-state index in [9.17, 15) is 8.42 Å². The van der Waals surface area contributed by atoms with Gasteiger partial charge in [0.2, 0.25) is 10.0 Å². The van der Waals surface area contributed by atoms with Gasteiger partial charge in [-0.15, -0.1) is 0 Å². The molecule has 0 bridgehead atoms. The van der Waals surface area contributed by atoms with Crippen molar-refractivity contribution in [2.45, 2.75) is 30.8 Å². The molecular weight excluding hydrogens is 370 g/mol. The van der Waals surface area contributed by atoms with Crippen molar-refractivity contribution in [3.8, 4) is 17.5 Å². The van der Waals surface area contributed by atoms with Crippen LogP contribution in [0.15, 0.2) is 35.5 Å². The van der Waals surface area contributed by atoms with Crippen LogP contribution in [-0.4, -0.2) is 56.1 Å². The average Bonchev–Trinajstić information content (AvgIpc) is 2.68. The number of nitrogens with zero attached hydrogens (tertiary/aromatic N) is 3. The fraction of sp³-hybridized carbons (Fsp3) is 0.444. The van der Waals surface area contributed by atoms with Crippen molar-refractivity contribution in [2.24, 2.45) is 0 Å². The molecule has 0 amide bonds. The lowest BCUT2D eigenvalue weighted by atomic mass is 10.1. The first kappa shape index (κ1) is 19.4. The fourth-order valence-electron chi connectivity index (χ4n) is 3.07. The number of hydrogen-bond acceptors (Lipinski definition) is 7. The van der Waals surface area contributed by atoms with Gasteiger partial charge in [-0.1, -0.05) is 0 Å². The molecule has 3 rings (SSSR count). The zero-order chi connectivity index (χ0) is 19.4. The van der Waals surface area contributed by atoms with Crippen LogP contribution in [0.2, 0.25) is 0 Å². The molecule has 1 aromatic heterocycles. The number of rotatable bonds is 6. The highest BCUT2D eigenvalue weighted by Crippen LogP contribution is 2.28. The Bertz CT molecular complexity index is 904. The van der Waals surface area contributed by atoms with E-state index in [-0.39, 0.29) is 29.3 Å². The fourth-order valence-corrected chi connectivity index (χ4v) is 4.67. The van der Waals surface area contributed by atoms with Crippen LogP contribution in [0.1, 0.15) is 18.4 Å². The zero-order valence-corrected chi connectivity index (χ0v) is 16.4. The molecule has 8 nitrogen and oxygen atoms in total. The number of piperidine rings is 1. The minimum absolute atomic E-state index is 0.243. The molecular formula is C18H23N3O5S. The quantitative estimate of drug-likeness (QED) is 0.742. The Labute approximate surface area is 159 Å². The number of aryl methyl sites for hydroxylation is 1. The van der Waals surface area contributed by atoms with Crippen molar-refractivity contribution in [1.29, 1.82) is 0 Å². The van der Waals surface area contributed by atoms with Crippen LogP contribution in [0.4, 0.5) is 0 Å². The maximum Gasteiger partial charge on any atom is 0.278 e. The predicted octanol–water partition coefficient (Wildman–Crippen LogP) is 2.03. The third kappa shape index (κ3) is 4.14. The predicted molar refractivity (Wildman–Crippen MR) is 98.7 cm³/mol. The zero-order valence-electron chi connectivity index (χ0n) is 15.6. The van der Waals surface area contributed by atoms with Gasteiger partial charge in [0.25, 0.3) is 11.8 Å². The van der Waals surface area contributed by atoms with E-state index in [1.807, 2.05) is 6.92 Å². The molecule has 0 radical (unpaired) electrons. The largest absolute Gasteiger partial charge is 0.496 e. The van der Waals surface area contributed by atoms with Gasteiger partial charge in [0.1, 0.15) is 11.9 Å². The van der Waals surface area contributed by atoms with E-state index in [1.54, 1.807) is 25.3 Å². The van der Waals surface area contributed by atoms with Crippen LogP contribution in [0.3, 0.4) is 0 Å². The lowest BCUT2D eigenvalue weighted by Gasteiger charge is -2.32. The van der Waals surface area contributed by atoms with Crippen molar-refractivity contribution in [3.05, 3.63) is 36.2 Å². The first-order valence-corrected chi connectivity index (χ1v) is 10.1. The molecule has 0 saturated carbocycles. The highest BCUT2D eigenvalue weighted by molar-refractivity contribution is 7.89. The Kier molecular flexibility index (Phi) is 5.81. The third-order valence-electron chi connectivity index (χ3n) is 4.45. The summed E-state index contributed by atoms with van der Waals surface area (Å²) in [6, 6.07) is 4.87. The Morgan fingerprint density at radius 2 is 1.85 bits per heavy atom. The van der Waals surface area contributed by atoms with E-state index < -0.39 is 10.0 Å². The van der Waals surface area contributed by atoms with Crippen molar-refractivity contribution >= 4 is 10.0 Å². The second-order valence-corrected chi connectivity index (χ2v) is 8.19. The van der Waals surface area contributed by atoms with Gasteiger partial charge in [-0.3, -0.25) is 0 Å². The second-order valence-electron chi connectivity index (χ2n) is 6.25. The molecule has 1 saturated heterocycles. The highest BCUT2D eigenvalue weighted by Gasteiger charge is 2.32. The van der Waals surface area contributed by atoms with Crippen LogP contribution in [0, 0.1) is 6.92 Å². The number of aromatic nitrogens is 2. The molecule has 0 spiro atoms. The molecule has 0 N–H and O–H groups in total. The Hall–Kier alpha value is -2.39. The van der Waals surface area contributed by atoms with E-state index in [4.69, 9.17) is 14.2 Å². The molecule has 1 aliphatic heterocycles. The summed E-state index contributed by atoms with van der Waals surface area (Å²) >= 11 is 0. The molecule has 1 aromatic carbocycles. The number of benzene rings is 1. The summed E-state index contributed by atoms with van der Waals surface area (Å²) in [5.74, 6) is 1.20. The summed E-state index contributed by atoms with van der Waals surface area (Å²) in [7, 11) is -0.574. The lowest BCUT2D eigenvalue weighted by Crippen LogP contribution is -2.44. The summed E-state index contributed by atoms with van der Waals surface area (Å²) in [6.45, 7) is 2.51. The van der Waals surface area contributed by atoms with Gasteiger partial charge >= 0.3 is 0 Å². The molecule has 1 unspecified atom stereocenters. The third-order valence-corrected chi connectivity index (χ3v) is 6.31. The second kappa shape index (κ2) is 8.10. The Balaban J connectivity index is 1.78. The molecule has 2 aromatic rings. The monoisotopic (exact) mass is 393 g/mol. The summed E-state index contributed by atoms with van der Waals surface area (Å²) in [5.41, 5.74) is 0.771. The Morgan fingerprint density at radius 3 is 2.52 bits per heavy atom. The topological polar surface area (TPSA) is 90.9 Å². The van der Waals surface area contributed by atoms with Crippen LogP contribution in [0.25, 0.3) is 0 Å². The molecule has 2 heterocycles. The molecule has 1 fully saturated rings. The van der Waals surface area contributed by atoms with Crippen molar-refractivity contribution < 1.29 is 22.6 Å². The van der Waals surface area contributed by atoms with Gasteiger partial charge in [0.15, 0.2) is 0 Å². The van der Waals surface area contributed by atoms with Gasteiger partial charge in [0.05, 0.1) is 25.7 Å². The molecule has 9 heteroatoms. The smallest absolute Gasteiger partial charge is 0.278 e. The summed E-state index contributed by atoms with van der Waals surface area (Å²) in [4.78, 5) is 8.43. The van der Waals surface area contributed by atoms with E-state index in [1.165, 1.54) is 23.8 Å². The van der Waals surface area contributed by atoms with Crippen LogP contribution in [0.5, 0.6) is 17.5 Å². The first-order valence-electron chi connectivity index (χ1n) is 8.62. The minimum atomic E-state index is -3.62. The number of ether oxygens (including phenoxy) is 3. The van der Waals surface area contributed by atoms with Crippen molar-refractivity contribution in [1.82, 2.24) is 14.3 Å². The van der Waals surface area contributed by atoms with Crippen molar-refractivity contribution in [3.63, 3.8) is 0 Å². The van der Waals surface area contributed by atoms with E-state index in [0.29, 0.717) is 18.7 Å². The Morgan fingerprint density at radius 1 is 1.11 bits per heavy atom. The van der Waals surface area contributed by atoms with Gasteiger partial charge in [-0.2, -0.15) is 4.31 Å². The van der Waals surface area contributed by atoms with E-state index >= 15 is 0 Å². The van der Waals surface area contributed by atoms with Crippen LogP contribution >= 0.6 is 0 Å². The minimum Gasteiger partial charge on any atom is -0.496 e. The molecule has 1 atom stereocenters. The van der Waals surface area contributed by atoms with E-state index in [0.717, 1.165) is 12.0 Å². The molecule has 0 aliphatic carbocycles. The van der Waals surface area contributed by atoms with Gasteiger partial charge < -0.3 is 14.2 Å². The maximum atomic E-state index is 13.0. The van der Waals surface area contributed by atoms with Crippen LogP contribution < -0.4 is 14.2 Å². The molecule has 146 valence electrons. The normalized spacial score (nSPS) is 18.1. The molecule has 1 aliphatic rings. The average molecular weight is 393 g/mol. The summed E-state index contributed by atoms with van der Waals surface area (Å²) < 4.78 is 43.8. The lowest BCUT2D eigenvalue weighted by molar-refractivity contribution is 0.119. The maximum absolute atomic E-state index is 13.0. The van der Waals surface area contributed by atoms with Crippen molar-refractivity contribution in [2.75, 3.05) is 27.3 Å². The highest BCUT2D eigenvalue weighted by atomic mass is 32.2. The summed E-state index contributed by atoms with van der Waals surface area (Å²) in [5, 5.41) is 0. The number of sulfonamides is 1. The molecule has 27 heavy (non-hydrogen) atoms. The summed E-state index contributed by atoms with van der Waals surface area (Å²) in [6.07, 6.45) is 4.12. The number of methoxy groups -OCH3 is 2. The van der Waals surface area contributed by atoms with Gasteiger partial charge in [0, 0.05) is 18.9 Å². The SMILES string of the molecule is COc1ccc(S(=O)(=O)N2CCCC(Oc3nccnc3OC)C2)cc1C. The number of hydrogen-bond donors (Lipinski definition) is 0. The van der Waals surface area contributed by atoms with Gasteiger partial charge in [-0.25, -0.2) is 18.4 Å². The standard InChI is InChI=1S/C18H23N3O5S/c1-13-11-15(6-7-16(13)24-2)27(22,23)21-10-4-5-14(12-21)26-18-17(25-3)19-8-9-20-18/h6-9,11,14H,4-5,10,12H2,1-3H3. The van der Waals surface area contributed by atoms with E-state index in [2.05, 4.69) is 9.97 Å². The first-order chi connectivity index (χ1) is 13.0.